The van der Waals surface area contributed by atoms with Crippen LogP contribution in [0.2, 0.25) is 0 Å². The molecule has 1 aliphatic heterocycles. The van der Waals surface area contributed by atoms with Gasteiger partial charge in [0.2, 0.25) is 5.43 Å². The minimum atomic E-state index is -0.972. The van der Waals surface area contributed by atoms with Gasteiger partial charge in [-0.1, -0.05) is 0 Å². The largest absolute Gasteiger partial charge is 0.354 e. The quantitative estimate of drug-likeness (QED) is 0.529. The molecule has 1 atom stereocenters. The van der Waals surface area contributed by atoms with E-state index in [0.29, 0.717) is 36.5 Å². The van der Waals surface area contributed by atoms with Gasteiger partial charge in [0.25, 0.3) is 5.91 Å². The van der Waals surface area contributed by atoms with Crippen LogP contribution in [0.25, 0.3) is 16.7 Å². The van der Waals surface area contributed by atoms with Crippen LogP contribution >= 0.6 is 0 Å². The molecule has 4 aliphatic carbocycles. The summed E-state index contributed by atoms with van der Waals surface area (Å²) >= 11 is 0. The summed E-state index contributed by atoms with van der Waals surface area (Å²) in [6.07, 6.45) is 7.15. The molecule has 1 saturated heterocycles. The second-order valence-electron chi connectivity index (χ2n) is 11.9. The molecule has 4 bridgehead atoms. The number of anilines is 1. The highest BCUT2D eigenvalue weighted by Crippen LogP contribution is 2.55. The summed E-state index contributed by atoms with van der Waals surface area (Å²) in [5.41, 5.74) is -0.803. The predicted octanol–water partition coefficient (Wildman–Crippen LogP) is 4.91. The number of aromatic nitrogens is 2. The Balaban J connectivity index is 1.33. The van der Waals surface area contributed by atoms with Gasteiger partial charge in [-0.25, -0.2) is 18.2 Å². The zero-order valence-electron chi connectivity index (χ0n) is 20.9. The Morgan fingerprint density at radius 3 is 2.37 bits per heavy atom. The van der Waals surface area contributed by atoms with E-state index in [1.807, 2.05) is 0 Å². The van der Waals surface area contributed by atoms with Gasteiger partial charge in [0.1, 0.15) is 29.2 Å². The molecule has 3 heterocycles. The van der Waals surface area contributed by atoms with E-state index in [1.54, 1.807) is 17.0 Å². The molecule has 0 radical (unpaired) electrons. The summed E-state index contributed by atoms with van der Waals surface area (Å²) < 4.78 is 44.0. The Kier molecular flexibility index (Phi) is 5.36. The summed E-state index contributed by atoms with van der Waals surface area (Å²) in [7, 11) is 0. The van der Waals surface area contributed by atoms with Crippen LogP contribution in [-0.2, 0) is 0 Å². The predicted molar refractivity (Wildman–Crippen MR) is 137 cm³/mol. The van der Waals surface area contributed by atoms with E-state index in [1.165, 1.54) is 36.1 Å². The van der Waals surface area contributed by atoms with E-state index in [-0.39, 0.29) is 34.4 Å². The third kappa shape index (κ3) is 3.89. The Morgan fingerprint density at radius 1 is 1.03 bits per heavy atom. The van der Waals surface area contributed by atoms with Crippen LogP contribution in [0, 0.1) is 29.4 Å². The highest BCUT2D eigenvalue weighted by molar-refractivity contribution is 5.97. The number of halogens is 3. The van der Waals surface area contributed by atoms with Crippen molar-refractivity contribution in [1.82, 2.24) is 14.9 Å². The van der Waals surface area contributed by atoms with Crippen LogP contribution in [0.4, 0.5) is 19.0 Å². The molecular weight excluding hydrogens is 493 g/mol. The molecule has 198 valence electrons. The lowest BCUT2D eigenvalue weighted by molar-refractivity contribution is -0.0167. The molecule has 38 heavy (non-hydrogen) atoms. The first-order valence-corrected chi connectivity index (χ1v) is 13.5. The van der Waals surface area contributed by atoms with Crippen LogP contribution < -0.4 is 15.6 Å². The molecule has 8 rings (SSSR count). The number of hydrogen-bond acceptors (Lipinski definition) is 4. The van der Waals surface area contributed by atoms with Crippen molar-refractivity contribution >= 4 is 22.8 Å². The van der Waals surface area contributed by atoms with Crippen molar-refractivity contribution in [3.8, 4) is 5.69 Å². The fourth-order valence-electron chi connectivity index (χ4n) is 7.89. The second kappa shape index (κ2) is 8.58. The van der Waals surface area contributed by atoms with Crippen LogP contribution in [0.15, 0.2) is 41.3 Å². The molecule has 0 unspecified atom stereocenters. The molecule has 5 fully saturated rings. The van der Waals surface area contributed by atoms with Gasteiger partial charge < -0.3 is 10.2 Å². The summed E-state index contributed by atoms with van der Waals surface area (Å²) in [5.74, 6) is 0.231. The normalized spacial score (nSPS) is 29.8. The lowest BCUT2D eigenvalue weighted by atomic mass is 9.53. The van der Waals surface area contributed by atoms with Gasteiger partial charge in [-0.2, -0.15) is 0 Å². The SMILES string of the molecule is O=C(NC12CC3CC(CC(C3)C1)C2)c1cn(-c2ccc(F)cc2F)c2nc(N3CC[C@@H](F)C3)ccc2c1=O. The van der Waals surface area contributed by atoms with Crippen LogP contribution in [0.1, 0.15) is 55.3 Å². The Labute approximate surface area is 217 Å². The molecule has 1 aromatic carbocycles. The van der Waals surface area contributed by atoms with Crippen molar-refractivity contribution in [3.05, 3.63) is 63.9 Å². The van der Waals surface area contributed by atoms with Gasteiger partial charge in [-0.3, -0.25) is 14.2 Å². The minimum absolute atomic E-state index is 0.0327. The number of alkyl halides is 1. The van der Waals surface area contributed by atoms with E-state index in [0.717, 1.165) is 31.4 Å². The Morgan fingerprint density at radius 2 is 1.74 bits per heavy atom. The summed E-state index contributed by atoms with van der Waals surface area (Å²) in [5, 5.41) is 3.38. The number of nitrogens with zero attached hydrogens (tertiary/aromatic N) is 3. The van der Waals surface area contributed by atoms with E-state index >= 15 is 4.39 Å². The fraction of sp³-hybridized carbons (Fsp3) is 0.483. The molecule has 1 N–H and O–H groups in total. The number of benzene rings is 1. The molecule has 9 heteroatoms. The number of amides is 1. The summed E-state index contributed by atoms with van der Waals surface area (Å²) in [4.78, 5) is 33.7. The van der Waals surface area contributed by atoms with Crippen molar-refractivity contribution in [2.45, 2.75) is 56.7 Å². The molecule has 3 aromatic rings. The fourth-order valence-corrected chi connectivity index (χ4v) is 7.89. The number of pyridine rings is 2. The Bertz CT molecular complexity index is 1480. The number of hydrogen-bond donors (Lipinski definition) is 1. The van der Waals surface area contributed by atoms with Gasteiger partial charge in [-0.05, 0) is 87.0 Å². The summed E-state index contributed by atoms with van der Waals surface area (Å²) in [6.45, 7) is 0.652. The maximum atomic E-state index is 15.0. The monoisotopic (exact) mass is 522 g/mol. The second-order valence-corrected chi connectivity index (χ2v) is 11.9. The first-order valence-electron chi connectivity index (χ1n) is 13.5. The third-order valence-electron chi connectivity index (χ3n) is 9.12. The first kappa shape index (κ1) is 23.7. The number of nitrogens with one attached hydrogen (secondary N) is 1. The van der Waals surface area contributed by atoms with E-state index in [4.69, 9.17) is 0 Å². The molecule has 5 aliphatic rings. The zero-order valence-corrected chi connectivity index (χ0v) is 20.9. The first-order chi connectivity index (χ1) is 18.3. The lowest BCUT2D eigenvalue weighted by Crippen LogP contribution is -2.60. The van der Waals surface area contributed by atoms with Crippen molar-refractivity contribution in [3.63, 3.8) is 0 Å². The average molecular weight is 523 g/mol. The maximum Gasteiger partial charge on any atom is 0.257 e. The van der Waals surface area contributed by atoms with Crippen molar-refractivity contribution < 1.29 is 18.0 Å². The van der Waals surface area contributed by atoms with Gasteiger partial charge in [-0.15, -0.1) is 0 Å². The number of carbonyl (C=O) groups is 1. The van der Waals surface area contributed by atoms with Crippen LogP contribution in [-0.4, -0.2) is 40.3 Å². The number of fused-ring (bicyclic) bond motifs is 1. The van der Waals surface area contributed by atoms with Crippen LogP contribution in [0.3, 0.4) is 0 Å². The van der Waals surface area contributed by atoms with Crippen molar-refractivity contribution in [2.24, 2.45) is 17.8 Å². The molecule has 6 nitrogen and oxygen atoms in total. The molecular formula is C29H29F3N4O2. The minimum Gasteiger partial charge on any atom is -0.354 e. The molecule has 0 spiro atoms. The van der Waals surface area contributed by atoms with Gasteiger partial charge in [0.05, 0.1) is 17.6 Å². The smallest absolute Gasteiger partial charge is 0.257 e. The number of carbonyl (C=O) groups excluding carboxylic acids is 1. The zero-order chi connectivity index (χ0) is 26.2. The van der Waals surface area contributed by atoms with Crippen molar-refractivity contribution in [1.29, 1.82) is 0 Å². The van der Waals surface area contributed by atoms with Gasteiger partial charge in [0.15, 0.2) is 5.65 Å². The molecule has 4 saturated carbocycles. The molecule has 2 aromatic heterocycles. The topological polar surface area (TPSA) is 67.2 Å². The van der Waals surface area contributed by atoms with E-state index in [2.05, 4.69) is 10.3 Å². The Hall–Kier alpha value is -3.36. The maximum absolute atomic E-state index is 15.0. The van der Waals surface area contributed by atoms with Gasteiger partial charge >= 0.3 is 0 Å². The molecule has 1 amide bonds. The van der Waals surface area contributed by atoms with E-state index < -0.39 is 29.1 Å². The average Bonchev–Trinajstić information content (AvgIpc) is 3.29. The third-order valence-corrected chi connectivity index (χ3v) is 9.12. The van der Waals surface area contributed by atoms with Crippen molar-refractivity contribution in [2.75, 3.05) is 18.0 Å². The van der Waals surface area contributed by atoms with Crippen LogP contribution in [0.5, 0.6) is 0 Å². The van der Waals surface area contributed by atoms with Gasteiger partial charge in [0, 0.05) is 24.3 Å². The van der Waals surface area contributed by atoms with E-state index in [9.17, 15) is 18.4 Å². The number of rotatable bonds is 4. The summed E-state index contributed by atoms with van der Waals surface area (Å²) in [6, 6.07) is 6.33. The highest BCUT2D eigenvalue weighted by Gasteiger charge is 2.51. The standard InChI is InChI=1S/C29H29F3N4O2/c30-19-1-3-24(23(32)10-19)36-15-22(28(38)34-29-11-16-7-17(12-29)9-18(8-16)13-29)26(37)21-2-4-25(33-27(21)36)35-6-5-20(31)14-35/h1-4,10,15-18,20H,5-9,11-14H2,(H,34,38)/t16?,17?,18?,20-,29?/m1/s1. The highest BCUT2D eigenvalue weighted by atomic mass is 19.1. The lowest BCUT2D eigenvalue weighted by Gasteiger charge is -2.56.